The zero-order valence-electron chi connectivity index (χ0n) is 15.4. The third-order valence-corrected chi connectivity index (χ3v) is 4.77. The summed E-state index contributed by atoms with van der Waals surface area (Å²) < 4.78 is 23.3. The highest BCUT2D eigenvalue weighted by atomic mass is 35.5. The fraction of sp³-hybridized carbons (Fsp3) is 0.300. The second-order valence-electron chi connectivity index (χ2n) is 6.26. The summed E-state index contributed by atoms with van der Waals surface area (Å²) in [5, 5.41) is 0.371. The highest BCUT2D eigenvalue weighted by Gasteiger charge is 2.23. The monoisotopic (exact) mass is 406 g/mol. The molecule has 2 aromatic carbocycles. The number of ether oxygens (including phenoxy) is 2. The number of hydrogen-bond donors (Lipinski definition) is 0. The number of benzene rings is 2. The summed E-state index contributed by atoms with van der Waals surface area (Å²) in [5.41, 5.74) is 1.08. The quantitative estimate of drug-likeness (QED) is 0.714. The Bertz CT molecular complexity index is 852. The van der Waals surface area contributed by atoms with Crippen LogP contribution in [0.4, 0.5) is 10.1 Å². The summed E-state index contributed by atoms with van der Waals surface area (Å²) in [5.74, 6) is -0.892. The van der Waals surface area contributed by atoms with Crippen molar-refractivity contribution in [3.8, 4) is 5.75 Å². The lowest BCUT2D eigenvalue weighted by atomic mass is 10.2. The van der Waals surface area contributed by atoms with Gasteiger partial charge in [0.15, 0.2) is 6.61 Å². The third kappa shape index (κ3) is 4.72. The number of esters is 1. The lowest BCUT2D eigenvalue weighted by molar-refractivity contribution is -0.134. The van der Waals surface area contributed by atoms with Crippen molar-refractivity contribution in [1.29, 1.82) is 0 Å². The third-order valence-electron chi connectivity index (χ3n) is 4.53. The van der Waals surface area contributed by atoms with Crippen molar-refractivity contribution >= 4 is 29.2 Å². The maximum Gasteiger partial charge on any atom is 0.342 e. The van der Waals surface area contributed by atoms with Gasteiger partial charge in [-0.1, -0.05) is 11.6 Å². The minimum atomic E-state index is -0.669. The molecule has 1 saturated heterocycles. The molecule has 0 saturated carbocycles. The SMILES string of the molecule is COc1ccc(Cl)cc1C(=O)OCC(=O)N1CCN(c2ccc(F)cc2)CC1. The zero-order chi connectivity index (χ0) is 20.1. The Labute approximate surface area is 167 Å². The van der Waals surface area contributed by atoms with Crippen LogP contribution in [-0.2, 0) is 9.53 Å². The number of carbonyl (C=O) groups excluding carboxylic acids is 2. The van der Waals surface area contributed by atoms with Gasteiger partial charge in [0.1, 0.15) is 17.1 Å². The molecule has 0 aromatic heterocycles. The van der Waals surface area contributed by atoms with Gasteiger partial charge < -0.3 is 19.3 Å². The van der Waals surface area contributed by atoms with Crippen molar-refractivity contribution in [2.24, 2.45) is 0 Å². The van der Waals surface area contributed by atoms with Crippen molar-refractivity contribution in [3.05, 3.63) is 58.9 Å². The van der Waals surface area contributed by atoms with E-state index < -0.39 is 5.97 Å². The molecule has 1 heterocycles. The maximum atomic E-state index is 13.0. The summed E-state index contributed by atoms with van der Waals surface area (Å²) in [6.07, 6.45) is 0. The summed E-state index contributed by atoms with van der Waals surface area (Å²) in [6.45, 7) is 1.87. The zero-order valence-corrected chi connectivity index (χ0v) is 16.1. The standard InChI is InChI=1S/C20H20ClFN2O4/c1-27-18-7-2-14(21)12-17(18)20(26)28-13-19(25)24-10-8-23(9-11-24)16-5-3-15(22)4-6-16/h2-7,12H,8-11,13H2,1H3. The van der Waals surface area contributed by atoms with Crippen LogP contribution in [-0.4, -0.2) is 56.7 Å². The molecule has 1 aliphatic heterocycles. The van der Waals surface area contributed by atoms with E-state index in [-0.39, 0.29) is 23.9 Å². The largest absolute Gasteiger partial charge is 0.496 e. The van der Waals surface area contributed by atoms with Crippen LogP contribution in [0.3, 0.4) is 0 Å². The Balaban J connectivity index is 1.51. The van der Waals surface area contributed by atoms with Gasteiger partial charge >= 0.3 is 5.97 Å². The fourth-order valence-electron chi connectivity index (χ4n) is 3.00. The summed E-state index contributed by atoms with van der Waals surface area (Å²) in [4.78, 5) is 28.3. The molecule has 0 aliphatic carbocycles. The number of anilines is 1. The first-order valence-electron chi connectivity index (χ1n) is 8.77. The predicted molar refractivity (Wildman–Crippen MR) is 103 cm³/mol. The van der Waals surface area contributed by atoms with Crippen LogP contribution in [0.2, 0.25) is 5.02 Å². The van der Waals surface area contributed by atoms with Crippen molar-refractivity contribution in [2.75, 3.05) is 44.8 Å². The van der Waals surface area contributed by atoms with Crippen molar-refractivity contribution in [1.82, 2.24) is 4.90 Å². The van der Waals surface area contributed by atoms with E-state index in [9.17, 15) is 14.0 Å². The fourth-order valence-corrected chi connectivity index (χ4v) is 3.17. The first kappa shape index (κ1) is 19.9. The molecule has 0 spiro atoms. The van der Waals surface area contributed by atoms with Gasteiger partial charge in [0.25, 0.3) is 5.91 Å². The molecule has 0 atom stereocenters. The number of rotatable bonds is 5. The lowest BCUT2D eigenvalue weighted by Gasteiger charge is -2.36. The van der Waals surface area contributed by atoms with Crippen molar-refractivity contribution in [2.45, 2.75) is 0 Å². The maximum absolute atomic E-state index is 13.0. The van der Waals surface area contributed by atoms with Gasteiger partial charge in [-0.25, -0.2) is 9.18 Å². The number of carbonyl (C=O) groups is 2. The molecule has 148 valence electrons. The Morgan fingerprint density at radius 1 is 1.07 bits per heavy atom. The predicted octanol–water partition coefficient (Wildman–Crippen LogP) is 2.99. The average Bonchev–Trinajstić information content (AvgIpc) is 2.72. The topological polar surface area (TPSA) is 59.1 Å². The van der Waals surface area contributed by atoms with Gasteiger partial charge in [0.05, 0.1) is 7.11 Å². The average molecular weight is 407 g/mol. The van der Waals surface area contributed by atoms with Crippen LogP contribution in [0.25, 0.3) is 0 Å². The summed E-state index contributed by atoms with van der Waals surface area (Å²) in [6, 6.07) is 10.9. The van der Waals surface area contributed by atoms with Crippen LogP contribution >= 0.6 is 11.6 Å². The van der Waals surface area contributed by atoms with E-state index in [1.165, 1.54) is 25.3 Å². The number of amides is 1. The van der Waals surface area contributed by atoms with E-state index in [2.05, 4.69) is 4.90 Å². The molecule has 1 fully saturated rings. The Morgan fingerprint density at radius 2 is 1.75 bits per heavy atom. The molecule has 0 radical (unpaired) electrons. The summed E-state index contributed by atoms with van der Waals surface area (Å²) >= 11 is 5.91. The second-order valence-corrected chi connectivity index (χ2v) is 6.70. The molecule has 0 bridgehead atoms. The molecule has 2 aromatic rings. The van der Waals surface area contributed by atoms with Crippen LogP contribution in [0, 0.1) is 5.82 Å². The molecular formula is C20H20ClFN2O4. The molecule has 28 heavy (non-hydrogen) atoms. The molecule has 8 heteroatoms. The summed E-state index contributed by atoms with van der Waals surface area (Å²) in [7, 11) is 1.44. The van der Waals surface area contributed by atoms with Gasteiger partial charge in [0, 0.05) is 36.9 Å². The van der Waals surface area contributed by atoms with Gasteiger partial charge in [-0.15, -0.1) is 0 Å². The minimum Gasteiger partial charge on any atom is -0.496 e. The molecular weight excluding hydrogens is 387 g/mol. The highest BCUT2D eigenvalue weighted by molar-refractivity contribution is 6.31. The first-order chi connectivity index (χ1) is 13.5. The van der Waals surface area contributed by atoms with E-state index in [0.29, 0.717) is 37.0 Å². The van der Waals surface area contributed by atoms with Crippen molar-refractivity contribution in [3.63, 3.8) is 0 Å². The number of nitrogens with zero attached hydrogens (tertiary/aromatic N) is 2. The Kier molecular flexibility index (Phi) is 6.36. The Hall–Kier alpha value is -2.80. The van der Waals surface area contributed by atoms with E-state index in [1.54, 1.807) is 29.2 Å². The second kappa shape index (κ2) is 8.93. The van der Waals surface area contributed by atoms with E-state index in [0.717, 1.165) is 5.69 Å². The molecule has 6 nitrogen and oxygen atoms in total. The molecule has 0 unspecified atom stereocenters. The number of hydrogen-bond acceptors (Lipinski definition) is 5. The smallest absolute Gasteiger partial charge is 0.342 e. The van der Waals surface area contributed by atoms with Crippen molar-refractivity contribution < 1.29 is 23.5 Å². The van der Waals surface area contributed by atoms with Gasteiger partial charge in [0.2, 0.25) is 0 Å². The van der Waals surface area contributed by atoms with Crippen LogP contribution in [0.5, 0.6) is 5.75 Å². The highest BCUT2D eigenvalue weighted by Crippen LogP contribution is 2.23. The molecule has 3 rings (SSSR count). The van der Waals surface area contributed by atoms with Gasteiger partial charge in [-0.3, -0.25) is 4.79 Å². The van der Waals surface area contributed by atoms with Crippen LogP contribution in [0.1, 0.15) is 10.4 Å². The number of piperazine rings is 1. The lowest BCUT2D eigenvalue weighted by Crippen LogP contribution is -2.49. The minimum absolute atomic E-state index is 0.170. The first-order valence-corrected chi connectivity index (χ1v) is 9.14. The Morgan fingerprint density at radius 3 is 2.39 bits per heavy atom. The van der Waals surface area contributed by atoms with Crippen LogP contribution < -0.4 is 9.64 Å². The normalized spacial score (nSPS) is 14.0. The van der Waals surface area contributed by atoms with E-state index in [4.69, 9.17) is 21.1 Å². The number of methoxy groups -OCH3 is 1. The van der Waals surface area contributed by atoms with Gasteiger partial charge in [-0.2, -0.15) is 0 Å². The molecule has 0 N–H and O–H groups in total. The molecule has 1 amide bonds. The molecule has 1 aliphatic rings. The van der Waals surface area contributed by atoms with E-state index >= 15 is 0 Å². The van der Waals surface area contributed by atoms with Crippen LogP contribution in [0.15, 0.2) is 42.5 Å². The van der Waals surface area contributed by atoms with Gasteiger partial charge in [-0.05, 0) is 42.5 Å². The number of halogens is 2. The van der Waals surface area contributed by atoms with E-state index in [1.807, 2.05) is 0 Å².